The van der Waals surface area contributed by atoms with E-state index < -0.39 is 0 Å². The van der Waals surface area contributed by atoms with Crippen LogP contribution in [0.15, 0.2) is 0 Å². The molecule has 0 aromatic carbocycles. The predicted molar refractivity (Wildman–Crippen MR) is 83.4 cm³/mol. The number of piperazine rings is 1. The predicted octanol–water partition coefficient (Wildman–Crippen LogP) is 3.52. The van der Waals surface area contributed by atoms with Crippen molar-refractivity contribution in [1.82, 2.24) is 10.2 Å². The molecule has 0 bridgehead atoms. The van der Waals surface area contributed by atoms with Crippen molar-refractivity contribution in [2.45, 2.75) is 78.9 Å². The van der Waals surface area contributed by atoms with Crippen LogP contribution in [0, 0.1) is 17.3 Å². The first-order valence-electron chi connectivity index (χ1n) is 8.26. The lowest BCUT2D eigenvalue weighted by Crippen LogP contribution is -2.62. The Morgan fingerprint density at radius 1 is 0.947 bits per heavy atom. The van der Waals surface area contributed by atoms with E-state index in [1.54, 1.807) is 0 Å². The maximum atomic E-state index is 3.76. The average molecular weight is 266 g/mol. The van der Waals surface area contributed by atoms with Crippen LogP contribution in [-0.4, -0.2) is 36.1 Å². The van der Waals surface area contributed by atoms with E-state index in [0.717, 1.165) is 24.4 Å². The molecule has 2 rings (SSSR count). The van der Waals surface area contributed by atoms with Gasteiger partial charge in [-0.3, -0.25) is 4.90 Å². The Morgan fingerprint density at radius 2 is 1.53 bits per heavy atom. The molecular weight excluding hydrogens is 232 g/mol. The van der Waals surface area contributed by atoms with Crippen LogP contribution in [-0.2, 0) is 0 Å². The molecule has 0 aromatic rings. The van der Waals surface area contributed by atoms with Gasteiger partial charge in [-0.25, -0.2) is 0 Å². The third-order valence-corrected chi connectivity index (χ3v) is 5.29. The molecule has 2 aliphatic rings. The minimum Gasteiger partial charge on any atom is -0.311 e. The molecule has 1 saturated heterocycles. The minimum absolute atomic E-state index is 0.365. The maximum Gasteiger partial charge on any atom is 0.0244 e. The van der Waals surface area contributed by atoms with Gasteiger partial charge in [0.2, 0.25) is 0 Å². The van der Waals surface area contributed by atoms with E-state index in [-0.39, 0.29) is 0 Å². The van der Waals surface area contributed by atoms with Crippen molar-refractivity contribution in [2.75, 3.05) is 13.1 Å². The summed E-state index contributed by atoms with van der Waals surface area (Å²) in [6, 6.07) is 2.15. The molecule has 2 fully saturated rings. The zero-order chi connectivity index (χ0) is 14.2. The van der Waals surface area contributed by atoms with E-state index in [1.165, 1.54) is 25.8 Å². The Kier molecular flexibility index (Phi) is 4.62. The van der Waals surface area contributed by atoms with Gasteiger partial charge in [-0.15, -0.1) is 0 Å². The minimum atomic E-state index is 0.365. The largest absolute Gasteiger partial charge is 0.311 e. The van der Waals surface area contributed by atoms with Crippen molar-refractivity contribution in [2.24, 2.45) is 17.3 Å². The Morgan fingerprint density at radius 3 is 2.05 bits per heavy atom. The molecule has 4 atom stereocenters. The van der Waals surface area contributed by atoms with Crippen molar-refractivity contribution >= 4 is 0 Å². The summed E-state index contributed by atoms with van der Waals surface area (Å²) in [6.07, 6.45) is 4.25. The summed E-state index contributed by atoms with van der Waals surface area (Å²) < 4.78 is 0. The Balaban J connectivity index is 2.04. The van der Waals surface area contributed by atoms with Gasteiger partial charge in [0.15, 0.2) is 0 Å². The van der Waals surface area contributed by atoms with E-state index in [9.17, 15) is 0 Å². The zero-order valence-corrected chi connectivity index (χ0v) is 13.9. The second-order valence-corrected chi connectivity index (χ2v) is 8.44. The average Bonchev–Trinajstić information content (AvgIpc) is 2.26. The van der Waals surface area contributed by atoms with E-state index in [0.29, 0.717) is 17.5 Å². The maximum absolute atomic E-state index is 3.76. The fourth-order valence-electron chi connectivity index (χ4n) is 4.15. The summed E-state index contributed by atoms with van der Waals surface area (Å²) in [5, 5.41) is 3.76. The van der Waals surface area contributed by atoms with Gasteiger partial charge in [0.1, 0.15) is 0 Å². The highest BCUT2D eigenvalue weighted by atomic mass is 15.3. The number of nitrogens with zero attached hydrogens (tertiary/aromatic N) is 1. The molecule has 2 nitrogen and oxygen atoms in total. The van der Waals surface area contributed by atoms with Gasteiger partial charge in [0, 0.05) is 31.2 Å². The van der Waals surface area contributed by atoms with Crippen LogP contribution in [0.2, 0.25) is 0 Å². The molecule has 4 unspecified atom stereocenters. The number of hydrogen-bond donors (Lipinski definition) is 1. The van der Waals surface area contributed by atoms with E-state index in [2.05, 4.69) is 51.8 Å². The SMILES string of the molecule is CC1CC(C)CC(N2CC(C(C)(C)C)NCC2C)C1. The molecule has 19 heavy (non-hydrogen) atoms. The molecule has 0 aromatic heterocycles. The third-order valence-electron chi connectivity index (χ3n) is 5.29. The van der Waals surface area contributed by atoms with Crippen molar-refractivity contribution in [3.8, 4) is 0 Å². The highest BCUT2D eigenvalue weighted by molar-refractivity contribution is 4.94. The fraction of sp³-hybridized carbons (Fsp3) is 1.00. The van der Waals surface area contributed by atoms with Crippen molar-refractivity contribution < 1.29 is 0 Å². The monoisotopic (exact) mass is 266 g/mol. The molecule has 0 amide bonds. The molecule has 2 heteroatoms. The molecule has 0 spiro atoms. The Labute approximate surface area is 120 Å². The van der Waals surface area contributed by atoms with Crippen molar-refractivity contribution in [3.05, 3.63) is 0 Å². The van der Waals surface area contributed by atoms with E-state index in [4.69, 9.17) is 0 Å². The van der Waals surface area contributed by atoms with Crippen LogP contribution in [0.3, 0.4) is 0 Å². The van der Waals surface area contributed by atoms with Crippen molar-refractivity contribution in [3.63, 3.8) is 0 Å². The summed E-state index contributed by atoms with van der Waals surface area (Å²) >= 11 is 0. The van der Waals surface area contributed by atoms with Crippen LogP contribution in [0.1, 0.15) is 60.8 Å². The second-order valence-electron chi connectivity index (χ2n) is 8.44. The second kappa shape index (κ2) is 5.73. The van der Waals surface area contributed by atoms with Crippen LogP contribution in [0.25, 0.3) is 0 Å². The number of rotatable bonds is 1. The number of hydrogen-bond acceptors (Lipinski definition) is 2. The summed E-state index contributed by atoms with van der Waals surface area (Å²) in [5.41, 5.74) is 0.365. The zero-order valence-electron chi connectivity index (χ0n) is 13.9. The molecule has 1 saturated carbocycles. The summed E-state index contributed by atoms with van der Waals surface area (Å²) in [5.74, 6) is 1.81. The first-order chi connectivity index (χ1) is 8.77. The molecule has 112 valence electrons. The smallest absolute Gasteiger partial charge is 0.0244 e. The lowest BCUT2D eigenvalue weighted by Gasteiger charge is -2.49. The van der Waals surface area contributed by atoms with Crippen LogP contribution in [0.5, 0.6) is 0 Å². The molecule has 0 radical (unpaired) electrons. The Hall–Kier alpha value is -0.0800. The van der Waals surface area contributed by atoms with E-state index in [1.807, 2.05) is 0 Å². The van der Waals surface area contributed by atoms with Gasteiger partial charge in [0.05, 0.1) is 0 Å². The van der Waals surface area contributed by atoms with Gasteiger partial charge in [-0.1, -0.05) is 34.6 Å². The fourth-order valence-corrected chi connectivity index (χ4v) is 4.15. The van der Waals surface area contributed by atoms with Gasteiger partial charge in [0.25, 0.3) is 0 Å². The summed E-state index contributed by atoms with van der Waals surface area (Å²) in [6.45, 7) is 16.8. The highest BCUT2D eigenvalue weighted by Gasteiger charge is 2.37. The molecule has 1 aliphatic heterocycles. The molecule has 1 heterocycles. The molecule has 1 aliphatic carbocycles. The third kappa shape index (κ3) is 3.72. The van der Waals surface area contributed by atoms with Gasteiger partial charge in [-0.2, -0.15) is 0 Å². The lowest BCUT2D eigenvalue weighted by molar-refractivity contribution is 0.0240. The van der Waals surface area contributed by atoms with Crippen LogP contribution >= 0.6 is 0 Å². The topological polar surface area (TPSA) is 15.3 Å². The first-order valence-corrected chi connectivity index (χ1v) is 8.26. The highest BCUT2D eigenvalue weighted by Crippen LogP contribution is 2.34. The molecule has 1 N–H and O–H groups in total. The lowest BCUT2D eigenvalue weighted by atomic mass is 9.78. The Bertz CT molecular complexity index is 284. The van der Waals surface area contributed by atoms with Crippen LogP contribution < -0.4 is 5.32 Å². The number of nitrogens with one attached hydrogen (secondary N) is 1. The molecular formula is C17H34N2. The normalized spacial score (nSPS) is 42.3. The first kappa shape index (κ1) is 15.3. The van der Waals surface area contributed by atoms with Gasteiger partial charge >= 0.3 is 0 Å². The van der Waals surface area contributed by atoms with Crippen LogP contribution in [0.4, 0.5) is 0 Å². The quantitative estimate of drug-likeness (QED) is 0.781. The van der Waals surface area contributed by atoms with Crippen molar-refractivity contribution in [1.29, 1.82) is 0 Å². The van der Waals surface area contributed by atoms with Gasteiger partial charge in [-0.05, 0) is 43.4 Å². The standard InChI is InChI=1S/C17H34N2/c1-12-7-13(2)9-15(8-12)19-11-16(17(4,5)6)18-10-14(19)3/h12-16,18H,7-11H2,1-6H3. The van der Waals surface area contributed by atoms with Gasteiger partial charge < -0.3 is 5.32 Å². The van der Waals surface area contributed by atoms with E-state index >= 15 is 0 Å². The summed E-state index contributed by atoms with van der Waals surface area (Å²) in [4.78, 5) is 2.82. The summed E-state index contributed by atoms with van der Waals surface area (Å²) in [7, 11) is 0.